The van der Waals surface area contributed by atoms with E-state index in [0.717, 1.165) is 12.8 Å². The van der Waals surface area contributed by atoms with E-state index in [4.69, 9.17) is 0 Å². The van der Waals surface area contributed by atoms with Gasteiger partial charge in [0.15, 0.2) is 0 Å². The van der Waals surface area contributed by atoms with E-state index in [9.17, 15) is 0 Å². The number of aryl methyl sites for hydroxylation is 2. The van der Waals surface area contributed by atoms with Crippen molar-refractivity contribution in [3.63, 3.8) is 0 Å². The van der Waals surface area contributed by atoms with E-state index in [1.807, 2.05) is 0 Å². The van der Waals surface area contributed by atoms with Gasteiger partial charge in [0.1, 0.15) is 0 Å². The molecule has 0 aromatic heterocycles. The van der Waals surface area contributed by atoms with Crippen molar-refractivity contribution in [3.05, 3.63) is 213 Å². The van der Waals surface area contributed by atoms with Gasteiger partial charge in [0, 0.05) is 22.8 Å². The maximum Gasteiger partial charge on any atom is 0.0748 e. The molecule has 4 aliphatic rings. The monoisotopic (exact) mass is 616 g/mol. The highest BCUT2D eigenvalue weighted by atomic mass is 15.2. The van der Waals surface area contributed by atoms with Crippen LogP contribution in [0.25, 0.3) is 0 Å². The molecule has 0 amide bonds. The molecule has 0 saturated heterocycles. The highest BCUT2D eigenvalue weighted by molar-refractivity contribution is 5.90. The van der Waals surface area contributed by atoms with Crippen LogP contribution in [0.5, 0.6) is 0 Å². The molecule has 0 unspecified atom stereocenters. The van der Waals surface area contributed by atoms with Crippen molar-refractivity contribution < 1.29 is 0 Å². The fourth-order valence-corrected chi connectivity index (χ4v) is 9.58. The van der Waals surface area contributed by atoms with Gasteiger partial charge in [-0.2, -0.15) is 0 Å². The van der Waals surface area contributed by atoms with Crippen LogP contribution in [0.1, 0.15) is 62.9 Å². The Hall–Kier alpha value is -5.60. The summed E-state index contributed by atoms with van der Waals surface area (Å²) < 4.78 is 0. The third-order valence-corrected chi connectivity index (χ3v) is 11.3. The minimum Gasteiger partial charge on any atom is -0.355 e. The third kappa shape index (κ3) is 3.37. The van der Waals surface area contributed by atoms with E-state index >= 15 is 0 Å². The van der Waals surface area contributed by atoms with Crippen LogP contribution in [0, 0.1) is 13.8 Å². The normalized spacial score (nSPS) is 17.1. The zero-order chi connectivity index (χ0) is 32.0. The highest BCUT2D eigenvalue weighted by Crippen LogP contribution is 2.66. The molecular formula is C46H36N2. The number of hydrogen-bond acceptors (Lipinski definition) is 2. The molecule has 2 aliphatic heterocycles. The topological polar surface area (TPSA) is 15.3 Å². The van der Waals surface area contributed by atoms with Crippen molar-refractivity contribution in [2.75, 3.05) is 10.2 Å². The van der Waals surface area contributed by atoms with Crippen LogP contribution in [-0.2, 0) is 10.8 Å². The lowest BCUT2D eigenvalue weighted by Crippen LogP contribution is -2.49. The quantitative estimate of drug-likeness (QED) is 0.197. The number of nitrogens with one attached hydrogen (secondary N) is 1. The fourth-order valence-electron chi connectivity index (χ4n) is 9.58. The van der Waals surface area contributed by atoms with Gasteiger partial charge in [0.2, 0.25) is 0 Å². The van der Waals surface area contributed by atoms with Gasteiger partial charge in [-0.1, -0.05) is 126 Å². The molecule has 0 fully saturated rings. The summed E-state index contributed by atoms with van der Waals surface area (Å²) in [6.45, 7) is 4.45. The zero-order valence-electron chi connectivity index (χ0n) is 27.3. The Morgan fingerprint density at radius 1 is 0.521 bits per heavy atom. The van der Waals surface area contributed by atoms with E-state index in [1.165, 1.54) is 84.1 Å². The Bertz CT molecular complexity index is 2260. The molecule has 0 bridgehead atoms. The first kappa shape index (κ1) is 27.5. The van der Waals surface area contributed by atoms with Gasteiger partial charge in [-0.3, -0.25) is 0 Å². The first-order valence-electron chi connectivity index (χ1n) is 17.2. The van der Waals surface area contributed by atoms with Gasteiger partial charge in [-0.25, -0.2) is 0 Å². The first-order valence-corrected chi connectivity index (χ1v) is 17.2. The number of allylic oxidation sites excluding steroid dienone is 3. The standard InChI is InChI=1S/C46H36N2/c1-30-24-26-41-39(28-30)46(40-29-31(2)25-27-42(40)47-41)35-18-8-6-16-33(35)45(34-17-7-9-19-36(34)46)37-20-10-12-22-43(37)48(32-14-4-3-5-15-32)44-23-13-11-21-38(44)45/h3-10,12-20,22-29,47H,11,21H2,1-2H3. The van der Waals surface area contributed by atoms with Crippen LogP contribution in [0.2, 0.25) is 0 Å². The Morgan fingerprint density at radius 3 is 1.65 bits per heavy atom. The zero-order valence-corrected chi connectivity index (χ0v) is 27.3. The molecule has 0 radical (unpaired) electrons. The minimum atomic E-state index is -0.497. The summed E-state index contributed by atoms with van der Waals surface area (Å²) in [7, 11) is 0. The molecular weight excluding hydrogens is 581 g/mol. The summed E-state index contributed by atoms with van der Waals surface area (Å²) in [5, 5.41) is 3.86. The molecule has 6 aromatic carbocycles. The van der Waals surface area contributed by atoms with Crippen LogP contribution in [0.4, 0.5) is 22.7 Å². The van der Waals surface area contributed by atoms with E-state index in [1.54, 1.807) is 0 Å². The SMILES string of the molecule is Cc1ccc2c(c1)C1(c3cc(C)ccc3N2)c2ccccc2C2(C3=C(C=CCC3)N(c3ccccc3)c3ccccc32)c2ccccc21. The van der Waals surface area contributed by atoms with Crippen molar-refractivity contribution in [1.82, 2.24) is 0 Å². The van der Waals surface area contributed by atoms with E-state index in [-0.39, 0.29) is 0 Å². The number of nitrogens with zero attached hydrogens (tertiary/aromatic N) is 1. The van der Waals surface area contributed by atoms with Crippen molar-refractivity contribution in [3.8, 4) is 0 Å². The number of rotatable bonds is 1. The van der Waals surface area contributed by atoms with Crippen LogP contribution in [0.15, 0.2) is 163 Å². The summed E-state index contributed by atoms with van der Waals surface area (Å²) >= 11 is 0. The molecule has 6 aromatic rings. The Morgan fingerprint density at radius 2 is 1.04 bits per heavy atom. The Balaban J connectivity index is 1.41. The molecule has 2 nitrogen and oxygen atoms in total. The second kappa shape index (κ2) is 9.95. The van der Waals surface area contributed by atoms with Crippen LogP contribution in [-0.4, -0.2) is 0 Å². The molecule has 2 heteroatoms. The minimum absolute atomic E-state index is 0.459. The van der Waals surface area contributed by atoms with Crippen molar-refractivity contribution >= 4 is 22.7 Å². The van der Waals surface area contributed by atoms with Gasteiger partial charge >= 0.3 is 0 Å². The maximum absolute atomic E-state index is 3.86. The average molecular weight is 617 g/mol. The largest absolute Gasteiger partial charge is 0.355 e. The molecule has 0 atom stereocenters. The summed E-state index contributed by atoms with van der Waals surface area (Å²) in [4.78, 5) is 2.50. The smallest absolute Gasteiger partial charge is 0.0748 e. The summed E-state index contributed by atoms with van der Waals surface area (Å²) in [6, 6.07) is 52.8. The van der Waals surface area contributed by atoms with E-state index < -0.39 is 10.8 Å². The second-order valence-corrected chi connectivity index (χ2v) is 13.8. The number of anilines is 4. The molecule has 2 heterocycles. The molecule has 10 rings (SSSR count). The number of hydrogen-bond donors (Lipinski definition) is 1. The molecule has 2 aliphatic carbocycles. The summed E-state index contributed by atoms with van der Waals surface area (Å²) in [6.07, 6.45) is 6.77. The molecule has 0 saturated carbocycles. The molecule has 2 spiro atoms. The first-order chi connectivity index (χ1) is 23.6. The fraction of sp³-hybridized carbons (Fsp3) is 0.130. The van der Waals surface area contributed by atoms with Crippen molar-refractivity contribution in [1.29, 1.82) is 0 Å². The van der Waals surface area contributed by atoms with Crippen LogP contribution < -0.4 is 10.2 Å². The summed E-state index contributed by atoms with van der Waals surface area (Å²) in [5.74, 6) is 0. The van der Waals surface area contributed by atoms with Crippen LogP contribution >= 0.6 is 0 Å². The van der Waals surface area contributed by atoms with Crippen LogP contribution in [0.3, 0.4) is 0 Å². The van der Waals surface area contributed by atoms with Gasteiger partial charge in [-0.05, 0) is 108 Å². The molecule has 48 heavy (non-hydrogen) atoms. The third-order valence-electron chi connectivity index (χ3n) is 11.3. The number of para-hydroxylation sites is 2. The predicted octanol–water partition coefficient (Wildman–Crippen LogP) is 11.1. The lowest BCUT2D eigenvalue weighted by Gasteiger charge is -2.56. The van der Waals surface area contributed by atoms with Gasteiger partial charge in [0.05, 0.1) is 16.5 Å². The van der Waals surface area contributed by atoms with Crippen molar-refractivity contribution in [2.45, 2.75) is 37.5 Å². The highest BCUT2D eigenvalue weighted by Gasteiger charge is 2.58. The Labute approximate surface area is 282 Å². The second-order valence-electron chi connectivity index (χ2n) is 13.8. The van der Waals surface area contributed by atoms with Gasteiger partial charge in [0.25, 0.3) is 0 Å². The predicted molar refractivity (Wildman–Crippen MR) is 198 cm³/mol. The van der Waals surface area contributed by atoms with Crippen molar-refractivity contribution in [2.24, 2.45) is 0 Å². The maximum atomic E-state index is 3.86. The lowest BCUT2D eigenvalue weighted by atomic mass is 9.48. The number of fused-ring (bicyclic) bond motifs is 13. The molecule has 230 valence electrons. The average Bonchev–Trinajstić information content (AvgIpc) is 3.14. The lowest BCUT2D eigenvalue weighted by molar-refractivity contribution is 0.576. The van der Waals surface area contributed by atoms with Gasteiger partial charge < -0.3 is 10.2 Å². The Kier molecular flexibility index (Phi) is 5.70. The van der Waals surface area contributed by atoms with Gasteiger partial charge in [-0.15, -0.1) is 0 Å². The van der Waals surface area contributed by atoms with E-state index in [2.05, 4.69) is 176 Å². The molecule has 1 N–H and O–H groups in total. The summed E-state index contributed by atoms with van der Waals surface area (Å²) in [5.41, 5.74) is 18.6. The number of benzene rings is 6. The van der Waals surface area contributed by atoms with E-state index in [0.29, 0.717) is 0 Å².